The first-order chi connectivity index (χ1) is 11.6. The summed E-state index contributed by atoms with van der Waals surface area (Å²) in [4.78, 5) is 33.0. The maximum Gasteiger partial charge on any atom is 0.352 e. The molecule has 2 aromatic rings. The van der Waals surface area contributed by atoms with Gasteiger partial charge in [0.25, 0.3) is 5.56 Å². The smallest absolute Gasteiger partial charge is 0.289 e. The quantitative estimate of drug-likeness (QED) is 0.499. The summed E-state index contributed by atoms with van der Waals surface area (Å²) in [6.07, 6.45) is 0. The Kier molecular flexibility index (Phi) is 3.21. The van der Waals surface area contributed by atoms with Crippen molar-refractivity contribution in [3.8, 4) is 17.2 Å². The van der Waals surface area contributed by atoms with Gasteiger partial charge in [-0.05, 0) is 24.3 Å². The Morgan fingerprint density at radius 1 is 0.958 bits per heavy atom. The number of fused-ring (bicyclic) bond motifs is 2. The van der Waals surface area contributed by atoms with Crippen LogP contribution in [0.2, 0.25) is 5.02 Å². The fourth-order valence-corrected chi connectivity index (χ4v) is 2.89. The second kappa shape index (κ2) is 5.28. The van der Waals surface area contributed by atoms with Crippen molar-refractivity contribution in [3.63, 3.8) is 0 Å². The summed E-state index contributed by atoms with van der Waals surface area (Å²) in [6, 6.07) is 14.5. The number of para-hydroxylation sites is 3. The first-order valence-electron chi connectivity index (χ1n) is 7.21. The molecule has 0 saturated heterocycles. The van der Waals surface area contributed by atoms with Crippen LogP contribution in [-0.4, -0.2) is 19.1 Å². The molecule has 0 unspecified atom stereocenters. The molecule has 0 atom stereocenters. The van der Waals surface area contributed by atoms with E-state index in [1.807, 2.05) is 30.3 Å². The van der Waals surface area contributed by atoms with Crippen LogP contribution in [0, 0.1) is 0 Å². The van der Waals surface area contributed by atoms with E-state index in [2.05, 4.69) is 9.97 Å². The van der Waals surface area contributed by atoms with E-state index in [1.165, 1.54) is 7.05 Å². The average Bonchev–Trinajstić information content (AvgIpc) is 2.59. The molecule has 0 aromatic heterocycles. The maximum absolute atomic E-state index is 12.5. The Hall–Kier alpha value is -2.99. The summed E-state index contributed by atoms with van der Waals surface area (Å²) in [5.41, 5.74) is 0.946. The highest BCUT2D eigenvalue weighted by Gasteiger charge is 2.21. The molecule has 2 aliphatic rings. The highest BCUT2D eigenvalue weighted by atomic mass is 35.5. The summed E-state index contributed by atoms with van der Waals surface area (Å²) in [5, 5.41) is 0.482. The van der Waals surface area contributed by atoms with Gasteiger partial charge in [-0.15, -0.1) is 0 Å². The number of halogens is 1. The maximum atomic E-state index is 12.5. The van der Waals surface area contributed by atoms with Gasteiger partial charge in [0, 0.05) is 7.05 Å². The zero-order valence-corrected chi connectivity index (χ0v) is 13.4. The third-order valence-electron chi connectivity index (χ3n) is 3.87. The lowest BCUT2D eigenvalue weighted by molar-refractivity contribution is 0.759. The summed E-state index contributed by atoms with van der Waals surface area (Å²) in [5.74, 6) is 0.190. The minimum Gasteiger partial charge on any atom is -0.289 e. The molecule has 0 N–H and O–H groups in total. The Morgan fingerprint density at radius 3 is 2.46 bits per heavy atom. The predicted octanol–water partition coefficient (Wildman–Crippen LogP) is 2.24. The van der Waals surface area contributed by atoms with Crippen molar-refractivity contribution < 1.29 is 0 Å². The van der Waals surface area contributed by atoms with E-state index in [0.717, 1.165) is 4.57 Å². The third-order valence-corrected chi connectivity index (χ3v) is 4.19. The van der Waals surface area contributed by atoms with Crippen molar-refractivity contribution in [2.75, 3.05) is 0 Å². The first kappa shape index (κ1) is 14.6. The van der Waals surface area contributed by atoms with Crippen LogP contribution in [0.5, 0.6) is 0 Å². The van der Waals surface area contributed by atoms with E-state index < -0.39 is 11.2 Å². The van der Waals surface area contributed by atoms with Crippen LogP contribution >= 0.6 is 11.6 Å². The number of hydrogen-bond acceptors (Lipinski definition) is 4. The molecule has 6 nitrogen and oxygen atoms in total. The Morgan fingerprint density at radius 2 is 1.67 bits per heavy atom. The van der Waals surface area contributed by atoms with Gasteiger partial charge < -0.3 is 0 Å². The standard InChI is InChI=1S/C17H11ClN4O2/c1-21-16(23)14-15(20-17(21)24)22(12-8-4-2-6-10(12)18)13-9-5-3-7-11(13)19-14/h2-9H,1H3. The summed E-state index contributed by atoms with van der Waals surface area (Å²) in [7, 11) is 1.38. The van der Waals surface area contributed by atoms with Gasteiger partial charge in [-0.3, -0.25) is 13.9 Å². The van der Waals surface area contributed by atoms with Gasteiger partial charge in [-0.1, -0.05) is 35.9 Å². The van der Waals surface area contributed by atoms with Crippen LogP contribution in [0.1, 0.15) is 0 Å². The largest absolute Gasteiger partial charge is 0.352 e. The molecule has 118 valence electrons. The van der Waals surface area contributed by atoms with Crippen molar-refractivity contribution in [1.29, 1.82) is 0 Å². The molecule has 4 rings (SSSR count). The molecule has 0 aliphatic carbocycles. The van der Waals surface area contributed by atoms with Crippen molar-refractivity contribution in [2.24, 2.45) is 7.05 Å². The monoisotopic (exact) mass is 338 g/mol. The summed E-state index contributed by atoms with van der Waals surface area (Å²) >= 11 is 6.34. The molecule has 0 fully saturated rings. The van der Waals surface area contributed by atoms with Gasteiger partial charge in [-0.25, -0.2) is 9.78 Å². The van der Waals surface area contributed by atoms with E-state index in [-0.39, 0.29) is 11.5 Å². The molecule has 0 spiro atoms. The van der Waals surface area contributed by atoms with Gasteiger partial charge in [0.15, 0.2) is 11.5 Å². The minimum atomic E-state index is -0.634. The van der Waals surface area contributed by atoms with E-state index >= 15 is 0 Å². The number of aromatic nitrogens is 4. The molecule has 2 aromatic carbocycles. The topological polar surface area (TPSA) is 69.8 Å². The highest BCUT2D eigenvalue weighted by Crippen LogP contribution is 2.28. The van der Waals surface area contributed by atoms with Crippen molar-refractivity contribution >= 4 is 22.6 Å². The van der Waals surface area contributed by atoms with Gasteiger partial charge in [-0.2, -0.15) is 4.98 Å². The molecular formula is C17H11ClN4O2. The summed E-state index contributed by atoms with van der Waals surface area (Å²) in [6.45, 7) is 0. The molecule has 24 heavy (non-hydrogen) atoms. The van der Waals surface area contributed by atoms with Crippen LogP contribution in [0.4, 0.5) is 0 Å². The van der Waals surface area contributed by atoms with Crippen molar-refractivity contribution in [2.45, 2.75) is 0 Å². The van der Waals surface area contributed by atoms with Crippen molar-refractivity contribution in [1.82, 2.24) is 19.1 Å². The normalized spacial score (nSPS) is 11.2. The molecule has 0 saturated carbocycles. The van der Waals surface area contributed by atoms with E-state index in [1.54, 1.807) is 22.8 Å². The molecule has 7 heteroatoms. The lowest BCUT2D eigenvalue weighted by atomic mass is 10.2. The third kappa shape index (κ3) is 2.04. The molecule has 2 aliphatic heterocycles. The van der Waals surface area contributed by atoms with Crippen LogP contribution < -0.4 is 11.2 Å². The van der Waals surface area contributed by atoms with Crippen LogP contribution in [0.15, 0.2) is 58.1 Å². The highest BCUT2D eigenvalue weighted by molar-refractivity contribution is 6.32. The Balaban J connectivity index is 2.31. The second-order valence-electron chi connectivity index (χ2n) is 5.32. The van der Waals surface area contributed by atoms with Crippen molar-refractivity contribution in [3.05, 3.63) is 74.4 Å². The lowest BCUT2D eigenvalue weighted by Gasteiger charge is -2.18. The number of hydrogen-bond donors (Lipinski definition) is 0. The predicted molar refractivity (Wildman–Crippen MR) is 92.0 cm³/mol. The zero-order chi connectivity index (χ0) is 16.8. The molecule has 0 amide bonds. The number of benzene rings is 2. The number of rotatable bonds is 1. The second-order valence-corrected chi connectivity index (χ2v) is 5.73. The van der Waals surface area contributed by atoms with Gasteiger partial charge in [0.2, 0.25) is 0 Å². The van der Waals surface area contributed by atoms with E-state index in [4.69, 9.17) is 11.6 Å². The van der Waals surface area contributed by atoms with Crippen LogP contribution in [0.25, 0.3) is 28.2 Å². The average molecular weight is 339 g/mol. The van der Waals surface area contributed by atoms with Gasteiger partial charge in [0.05, 0.1) is 21.7 Å². The fraction of sp³-hybridized carbons (Fsp3) is 0.0588. The molecule has 0 bridgehead atoms. The van der Waals surface area contributed by atoms with E-state index in [9.17, 15) is 9.59 Å². The first-order valence-corrected chi connectivity index (χ1v) is 7.59. The fourth-order valence-electron chi connectivity index (χ4n) is 2.67. The SMILES string of the molecule is Cn1c(=O)nc2n(-c3ccccc3Cl)c3ccccc3nc-2c1=O. The number of nitrogens with zero attached hydrogens (tertiary/aromatic N) is 4. The molecule has 0 radical (unpaired) electrons. The van der Waals surface area contributed by atoms with Gasteiger partial charge >= 0.3 is 5.69 Å². The molecular weight excluding hydrogens is 328 g/mol. The summed E-state index contributed by atoms with van der Waals surface area (Å²) < 4.78 is 2.64. The minimum absolute atomic E-state index is 0.121. The van der Waals surface area contributed by atoms with Crippen LogP contribution in [0.3, 0.4) is 0 Å². The Bertz CT molecular complexity index is 1180. The van der Waals surface area contributed by atoms with E-state index in [0.29, 0.717) is 21.7 Å². The van der Waals surface area contributed by atoms with Crippen LogP contribution in [-0.2, 0) is 7.05 Å². The molecule has 2 heterocycles. The zero-order valence-electron chi connectivity index (χ0n) is 12.6. The van der Waals surface area contributed by atoms with Gasteiger partial charge in [0.1, 0.15) is 0 Å². The Labute approximate surface area is 140 Å². The lowest BCUT2D eigenvalue weighted by Crippen LogP contribution is -2.36.